The Morgan fingerprint density at radius 1 is 1.24 bits per heavy atom. The molecular weight excluding hydrogens is 517 g/mol. The lowest BCUT2D eigenvalue weighted by Gasteiger charge is -2.27. The van der Waals surface area contributed by atoms with Crippen LogP contribution in [-0.2, 0) is 31.6 Å². The van der Waals surface area contributed by atoms with Gasteiger partial charge in [0.1, 0.15) is 17.8 Å². The first-order valence-electron chi connectivity index (χ1n) is 8.62. The molecule has 1 aliphatic heterocycles. The lowest BCUT2D eigenvalue weighted by atomic mass is 9.96. The number of nitrogen functional groups attached to an aromatic ring is 1. The van der Waals surface area contributed by atoms with E-state index in [9.17, 15) is 33.6 Å². The molecule has 186 valence electrons. The third-order valence-corrected chi connectivity index (χ3v) is 8.23. The molecular formula is C12H19N4O14P3. The van der Waals surface area contributed by atoms with Gasteiger partial charge in [0, 0.05) is 6.20 Å². The van der Waals surface area contributed by atoms with Crippen LogP contribution in [0, 0.1) is 0 Å². The summed E-state index contributed by atoms with van der Waals surface area (Å²) in [7, 11) is -16.8. The quantitative estimate of drug-likeness (QED) is 0.181. The van der Waals surface area contributed by atoms with E-state index in [1.807, 2.05) is 0 Å². The van der Waals surface area contributed by atoms with Crippen LogP contribution in [0.1, 0.15) is 13.2 Å². The fourth-order valence-electron chi connectivity index (χ4n) is 3.10. The van der Waals surface area contributed by atoms with E-state index in [1.165, 1.54) is 16.8 Å². The van der Waals surface area contributed by atoms with E-state index in [2.05, 4.69) is 23.1 Å². The van der Waals surface area contributed by atoms with Gasteiger partial charge >= 0.3 is 23.5 Å². The zero-order valence-electron chi connectivity index (χ0n) is 16.4. The number of rotatable bonds is 8. The number of nitrogens with two attached hydrogens (primary N) is 1. The summed E-state index contributed by atoms with van der Waals surface area (Å²) in [5.74, 6) is -0.241. The minimum Gasteiger partial charge on any atom is -0.387 e. The van der Waals surface area contributed by atoms with Gasteiger partial charge in [-0.2, -0.15) is 13.6 Å². The number of nitrogens with zero attached hydrogens (tertiary/aromatic N) is 2. The summed E-state index contributed by atoms with van der Waals surface area (Å²) in [4.78, 5) is 54.0. The Morgan fingerprint density at radius 2 is 1.88 bits per heavy atom. The Hall–Kier alpha value is -1.49. The van der Waals surface area contributed by atoms with E-state index < -0.39 is 59.7 Å². The maximum Gasteiger partial charge on any atom is 0.490 e. The van der Waals surface area contributed by atoms with Gasteiger partial charge < -0.3 is 44.8 Å². The van der Waals surface area contributed by atoms with E-state index in [-0.39, 0.29) is 17.0 Å². The molecule has 2 aromatic heterocycles. The van der Waals surface area contributed by atoms with Crippen molar-refractivity contribution < 1.29 is 61.4 Å². The molecule has 0 radical (unpaired) electrons. The molecule has 33 heavy (non-hydrogen) atoms. The van der Waals surface area contributed by atoms with Gasteiger partial charge in [-0.3, -0.25) is 14.3 Å². The van der Waals surface area contributed by atoms with Crippen LogP contribution in [0.15, 0.2) is 17.1 Å². The number of nitrogens with one attached hydrogen (secondary N) is 1. The van der Waals surface area contributed by atoms with Crippen LogP contribution in [0.3, 0.4) is 0 Å². The van der Waals surface area contributed by atoms with Crippen molar-refractivity contribution in [2.45, 2.75) is 31.0 Å². The second-order valence-corrected chi connectivity index (χ2v) is 11.4. The highest BCUT2D eigenvalue weighted by Crippen LogP contribution is 2.66. The van der Waals surface area contributed by atoms with Crippen LogP contribution < -0.4 is 11.3 Å². The normalized spacial score (nSPS) is 29.7. The summed E-state index contributed by atoms with van der Waals surface area (Å²) in [6.07, 6.45) is -3.41. The SMILES string of the molecule is C[C@@]1(O)C(O)[C@@H](COP(=O)(O)OP(=O)(O)OP(=O)(O)O)O[C@H]1n1ccc2c(=O)[nH]c(N)nc21. The fraction of sp³-hybridized carbons (Fsp3) is 0.500. The van der Waals surface area contributed by atoms with Crippen molar-refractivity contribution in [3.63, 3.8) is 0 Å². The summed E-state index contributed by atoms with van der Waals surface area (Å²) in [5, 5.41) is 21.3. The van der Waals surface area contributed by atoms with Crippen molar-refractivity contribution in [3.8, 4) is 0 Å². The second kappa shape index (κ2) is 8.62. The molecule has 0 aromatic carbocycles. The smallest absolute Gasteiger partial charge is 0.387 e. The molecule has 1 saturated heterocycles. The predicted octanol–water partition coefficient (Wildman–Crippen LogP) is -1.34. The van der Waals surface area contributed by atoms with Crippen molar-refractivity contribution >= 4 is 40.4 Å². The molecule has 3 rings (SSSR count). The van der Waals surface area contributed by atoms with Gasteiger partial charge in [0.05, 0.1) is 12.0 Å². The number of phosphoric acid groups is 3. The molecule has 21 heteroatoms. The molecule has 1 fully saturated rings. The third-order valence-electron chi connectivity index (χ3n) is 4.42. The van der Waals surface area contributed by atoms with Gasteiger partial charge in [-0.1, -0.05) is 0 Å². The number of ether oxygens (including phenoxy) is 1. The van der Waals surface area contributed by atoms with Crippen molar-refractivity contribution in [3.05, 3.63) is 22.6 Å². The Balaban J connectivity index is 1.78. The van der Waals surface area contributed by atoms with Gasteiger partial charge in [-0.25, -0.2) is 13.7 Å². The first-order chi connectivity index (χ1) is 14.9. The Morgan fingerprint density at radius 3 is 2.48 bits per heavy atom. The van der Waals surface area contributed by atoms with Crippen LogP contribution in [0.4, 0.5) is 5.95 Å². The molecule has 0 aliphatic carbocycles. The van der Waals surface area contributed by atoms with Gasteiger partial charge in [0.15, 0.2) is 11.9 Å². The Bertz CT molecular complexity index is 1250. The highest BCUT2D eigenvalue weighted by Gasteiger charge is 2.54. The van der Waals surface area contributed by atoms with Crippen LogP contribution in [0.2, 0.25) is 0 Å². The molecule has 2 aromatic rings. The molecule has 9 N–H and O–H groups in total. The molecule has 0 bridgehead atoms. The third kappa shape index (κ3) is 5.78. The summed E-state index contributed by atoms with van der Waals surface area (Å²) < 4.78 is 52.2. The molecule has 6 atom stereocenters. The summed E-state index contributed by atoms with van der Waals surface area (Å²) in [6.45, 7) is 0.141. The van der Waals surface area contributed by atoms with Crippen molar-refractivity contribution in [2.75, 3.05) is 12.3 Å². The minimum absolute atomic E-state index is 0.0118. The summed E-state index contributed by atoms with van der Waals surface area (Å²) in [6, 6.07) is 1.34. The standard InChI is InChI=1S/C12H19N4O14P3/c1-12(19)7(17)6(4-27-32(23,24)30-33(25,26)29-31(20,21)22)28-10(12)16-3-2-5-8(16)14-11(13)15-9(5)18/h2-3,6-7,10,17,19H,4H2,1H3,(H,23,24)(H,25,26)(H2,20,21,22)(H3,13,14,15,18)/t6-,7?,10-,12-/m1/s1. The molecule has 3 unspecified atom stereocenters. The number of hydrogen-bond acceptors (Lipinski definition) is 12. The first-order valence-corrected chi connectivity index (χ1v) is 13.1. The number of anilines is 1. The highest BCUT2D eigenvalue weighted by molar-refractivity contribution is 7.66. The highest BCUT2D eigenvalue weighted by atomic mass is 31.3. The number of hydrogen-bond donors (Lipinski definition) is 8. The number of phosphoric ester groups is 1. The number of H-pyrrole nitrogens is 1. The molecule has 0 spiro atoms. The Labute approximate surface area is 183 Å². The van der Waals surface area contributed by atoms with E-state index in [0.717, 1.165) is 6.92 Å². The van der Waals surface area contributed by atoms with Crippen molar-refractivity contribution in [2.24, 2.45) is 0 Å². The van der Waals surface area contributed by atoms with Crippen molar-refractivity contribution in [1.29, 1.82) is 0 Å². The largest absolute Gasteiger partial charge is 0.490 e. The lowest BCUT2D eigenvalue weighted by Crippen LogP contribution is -2.44. The monoisotopic (exact) mass is 536 g/mol. The first kappa shape index (κ1) is 26.1. The zero-order chi connectivity index (χ0) is 25.0. The topological polar surface area (TPSA) is 286 Å². The maximum absolute atomic E-state index is 12.0. The van der Waals surface area contributed by atoms with E-state index in [4.69, 9.17) is 25.2 Å². The van der Waals surface area contributed by atoms with Gasteiger partial charge in [0.25, 0.3) is 5.56 Å². The predicted molar refractivity (Wildman–Crippen MR) is 105 cm³/mol. The summed E-state index contributed by atoms with van der Waals surface area (Å²) >= 11 is 0. The average molecular weight is 536 g/mol. The van der Waals surface area contributed by atoms with Crippen LogP contribution in [0.25, 0.3) is 11.0 Å². The number of aliphatic hydroxyl groups is 2. The van der Waals surface area contributed by atoms with E-state index in [0.29, 0.717) is 0 Å². The van der Waals surface area contributed by atoms with Crippen LogP contribution in [-0.4, -0.2) is 68.7 Å². The fourth-order valence-corrected chi connectivity index (χ4v) is 6.13. The second-order valence-electron chi connectivity index (χ2n) is 7.00. The number of aromatic amines is 1. The van der Waals surface area contributed by atoms with Crippen LogP contribution >= 0.6 is 23.5 Å². The van der Waals surface area contributed by atoms with E-state index in [1.54, 1.807) is 0 Å². The lowest BCUT2D eigenvalue weighted by molar-refractivity contribution is -0.0947. The van der Waals surface area contributed by atoms with Gasteiger partial charge in [0.2, 0.25) is 5.95 Å². The maximum atomic E-state index is 12.0. The molecule has 0 amide bonds. The minimum atomic E-state index is -5.74. The van der Waals surface area contributed by atoms with Gasteiger partial charge in [-0.05, 0) is 13.0 Å². The number of aromatic nitrogens is 3. The van der Waals surface area contributed by atoms with Crippen LogP contribution in [0.5, 0.6) is 0 Å². The van der Waals surface area contributed by atoms with Crippen molar-refractivity contribution in [1.82, 2.24) is 14.5 Å². The molecule has 0 saturated carbocycles. The molecule has 3 heterocycles. The average Bonchev–Trinajstić information content (AvgIpc) is 3.10. The molecule has 1 aliphatic rings. The zero-order valence-corrected chi connectivity index (χ0v) is 19.0. The number of aliphatic hydroxyl groups excluding tert-OH is 1. The van der Waals surface area contributed by atoms with Gasteiger partial charge in [-0.15, -0.1) is 0 Å². The Kier molecular flexibility index (Phi) is 6.83. The summed E-state index contributed by atoms with van der Waals surface area (Å²) in [5.41, 5.74) is 2.86. The van der Waals surface area contributed by atoms with E-state index >= 15 is 0 Å². The molecule has 18 nitrogen and oxygen atoms in total. The number of fused-ring (bicyclic) bond motifs is 1.